The predicted molar refractivity (Wildman–Crippen MR) is 133 cm³/mol. The quantitative estimate of drug-likeness (QED) is 0.495. The van der Waals surface area contributed by atoms with Gasteiger partial charge in [0.25, 0.3) is 5.91 Å². The van der Waals surface area contributed by atoms with E-state index in [0.29, 0.717) is 36.6 Å². The van der Waals surface area contributed by atoms with Crippen molar-refractivity contribution in [1.29, 1.82) is 0 Å². The lowest BCUT2D eigenvalue weighted by Crippen LogP contribution is -2.39. The second-order valence-corrected chi connectivity index (χ2v) is 9.83. The van der Waals surface area contributed by atoms with Crippen LogP contribution in [0.25, 0.3) is 10.6 Å². The third-order valence-corrected chi connectivity index (χ3v) is 7.57. The van der Waals surface area contributed by atoms with Crippen molar-refractivity contribution < 1.29 is 14.0 Å². The Morgan fingerprint density at radius 3 is 2.35 bits per heavy atom. The topological polar surface area (TPSA) is 62.3 Å². The number of likely N-dealkylation sites (tertiary alicyclic amines) is 1. The van der Waals surface area contributed by atoms with E-state index >= 15 is 0 Å². The molecule has 3 aromatic rings. The Balaban J connectivity index is 1.26. The zero-order valence-corrected chi connectivity index (χ0v) is 20.5. The number of halogens is 1. The van der Waals surface area contributed by atoms with Crippen LogP contribution >= 0.6 is 11.3 Å². The Bertz CT molecular complexity index is 1130. The first kappa shape index (κ1) is 24.1. The predicted octanol–water partition coefficient (Wildman–Crippen LogP) is 5.38. The average Bonchev–Trinajstić information content (AvgIpc) is 3.25. The lowest BCUT2D eigenvalue weighted by Gasteiger charge is -2.31. The van der Waals surface area contributed by atoms with Gasteiger partial charge in [0.05, 0.1) is 5.69 Å². The minimum Gasteiger partial charge on any atom is -0.352 e. The van der Waals surface area contributed by atoms with Gasteiger partial charge in [0.15, 0.2) is 0 Å². The fourth-order valence-corrected chi connectivity index (χ4v) is 5.26. The molecule has 1 aromatic heterocycles. The molecule has 1 N–H and O–H groups in total. The summed E-state index contributed by atoms with van der Waals surface area (Å²) in [6.07, 6.45) is 3.12. The molecule has 0 bridgehead atoms. The van der Waals surface area contributed by atoms with Crippen molar-refractivity contribution in [1.82, 2.24) is 15.2 Å². The van der Waals surface area contributed by atoms with Crippen LogP contribution in [0.4, 0.5) is 4.39 Å². The van der Waals surface area contributed by atoms with Crippen LogP contribution in [0.5, 0.6) is 0 Å². The Labute approximate surface area is 204 Å². The molecule has 34 heavy (non-hydrogen) atoms. The van der Waals surface area contributed by atoms with Crippen LogP contribution in [-0.2, 0) is 17.8 Å². The Morgan fingerprint density at radius 1 is 1.06 bits per heavy atom. The maximum absolute atomic E-state index is 13.2. The van der Waals surface area contributed by atoms with Crippen LogP contribution < -0.4 is 5.32 Å². The minimum absolute atomic E-state index is 0.0122. The van der Waals surface area contributed by atoms with Gasteiger partial charge < -0.3 is 10.2 Å². The standard InChI is InChI=1S/C27H30FN3O2S/c1-3-19-4-6-21(7-5-19)17-29-24(32)16-20-12-14-31(15-13-20)27(33)25-18(2)30-26(34-25)22-8-10-23(28)11-9-22/h4-11,20H,3,12-17H2,1-2H3,(H,29,32). The number of hydrogen-bond acceptors (Lipinski definition) is 4. The van der Waals surface area contributed by atoms with E-state index < -0.39 is 0 Å². The Morgan fingerprint density at radius 2 is 1.71 bits per heavy atom. The van der Waals surface area contributed by atoms with Crippen LogP contribution in [0.15, 0.2) is 48.5 Å². The van der Waals surface area contributed by atoms with E-state index in [1.807, 2.05) is 11.8 Å². The van der Waals surface area contributed by atoms with E-state index in [1.54, 1.807) is 12.1 Å². The number of aromatic nitrogens is 1. The van der Waals surface area contributed by atoms with Crippen LogP contribution in [0.3, 0.4) is 0 Å². The molecule has 1 fully saturated rings. The fraction of sp³-hybridized carbons (Fsp3) is 0.370. The number of aryl methyl sites for hydroxylation is 2. The molecule has 2 heterocycles. The monoisotopic (exact) mass is 479 g/mol. The smallest absolute Gasteiger partial charge is 0.265 e. The Hall–Kier alpha value is -3.06. The zero-order valence-electron chi connectivity index (χ0n) is 19.6. The first-order valence-electron chi connectivity index (χ1n) is 11.8. The molecule has 0 spiro atoms. The number of hydrogen-bond donors (Lipinski definition) is 1. The minimum atomic E-state index is -0.296. The average molecular weight is 480 g/mol. The third kappa shape index (κ3) is 5.89. The van der Waals surface area contributed by atoms with E-state index in [4.69, 9.17) is 0 Å². The molecular formula is C27H30FN3O2S. The summed E-state index contributed by atoms with van der Waals surface area (Å²) >= 11 is 1.35. The summed E-state index contributed by atoms with van der Waals surface area (Å²) in [5, 5.41) is 3.74. The van der Waals surface area contributed by atoms with Gasteiger partial charge in [-0.15, -0.1) is 11.3 Å². The van der Waals surface area contributed by atoms with Crippen molar-refractivity contribution in [2.24, 2.45) is 5.92 Å². The highest BCUT2D eigenvalue weighted by molar-refractivity contribution is 7.17. The molecule has 0 unspecified atom stereocenters. The van der Waals surface area contributed by atoms with Crippen molar-refractivity contribution >= 4 is 23.2 Å². The van der Waals surface area contributed by atoms with Gasteiger partial charge in [-0.2, -0.15) is 0 Å². The summed E-state index contributed by atoms with van der Waals surface area (Å²) < 4.78 is 13.2. The number of nitrogens with one attached hydrogen (secondary N) is 1. The number of carbonyl (C=O) groups excluding carboxylic acids is 2. The number of thiazole rings is 1. The van der Waals surface area contributed by atoms with E-state index in [0.717, 1.165) is 35.4 Å². The normalized spacial score (nSPS) is 14.3. The molecule has 0 aliphatic carbocycles. The van der Waals surface area contributed by atoms with Gasteiger partial charge in [0.2, 0.25) is 5.91 Å². The molecule has 2 aromatic carbocycles. The molecule has 178 valence electrons. The maximum Gasteiger partial charge on any atom is 0.265 e. The highest BCUT2D eigenvalue weighted by Gasteiger charge is 2.27. The summed E-state index contributed by atoms with van der Waals surface area (Å²) in [4.78, 5) is 32.6. The summed E-state index contributed by atoms with van der Waals surface area (Å²) in [7, 11) is 0. The van der Waals surface area contributed by atoms with Crippen molar-refractivity contribution in [2.75, 3.05) is 13.1 Å². The highest BCUT2D eigenvalue weighted by Crippen LogP contribution is 2.30. The second kappa shape index (κ2) is 10.9. The fourth-order valence-electron chi connectivity index (χ4n) is 4.22. The van der Waals surface area contributed by atoms with Gasteiger partial charge >= 0.3 is 0 Å². The second-order valence-electron chi connectivity index (χ2n) is 8.83. The summed E-state index contributed by atoms with van der Waals surface area (Å²) in [6.45, 7) is 5.78. The molecule has 0 atom stereocenters. The van der Waals surface area contributed by atoms with Crippen LogP contribution in [0, 0.1) is 18.7 Å². The van der Waals surface area contributed by atoms with Gasteiger partial charge in [0.1, 0.15) is 15.7 Å². The van der Waals surface area contributed by atoms with Crippen LogP contribution in [0.2, 0.25) is 0 Å². The molecule has 1 saturated heterocycles. The van der Waals surface area contributed by atoms with Crippen molar-refractivity contribution in [3.63, 3.8) is 0 Å². The first-order valence-corrected chi connectivity index (χ1v) is 12.6. The molecule has 1 aliphatic rings. The number of piperidine rings is 1. The highest BCUT2D eigenvalue weighted by atomic mass is 32.1. The van der Waals surface area contributed by atoms with Gasteiger partial charge in [-0.1, -0.05) is 31.2 Å². The first-order chi connectivity index (χ1) is 16.4. The molecule has 1 aliphatic heterocycles. The molecule has 7 heteroatoms. The van der Waals surface area contributed by atoms with Gasteiger partial charge in [0, 0.05) is 31.6 Å². The largest absolute Gasteiger partial charge is 0.352 e. The van der Waals surface area contributed by atoms with Gasteiger partial charge in [-0.25, -0.2) is 9.37 Å². The summed E-state index contributed by atoms with van der Waals surface area (Å²) in [6, 6.07) is 14.5. The van der Waals surface area contributed by atoms with E-state index in [1.165, 1.54) is 29.0 Å². The van der Waals surface area contributed by atoms with E-state index in [9.17, 15) is 14.0 Å². The molecule has 2 amide bonds. The van der Waals surface area contributed by atoms with Gasteiger partial charge in [-0.3, -0.25) is 9.59 Å². The molecule has 4 rings (SSSR count). The summed E-state index contributed by atoms with van der Waals surface area (Å²) in [5.41, 5.74) is 3.89. The van der Waals surface area contributed by atoms with Crippen LogP contribution in [-0.4, -0.2) is 34.8 Å². The molecule has 0 saturated carbocycles. The summed E-state index contributed by atoms with van der Waals surface area (Å²) in [5.74, 6) is 0.0349. The number of amides is 2. The number of carbonyl (C=O) groups is 2. The maximum atomic E-state index is 13.2. The molecular weight excluding hydrogens is 449 g/mol. The molecule has 5 nitrogen and oxygen atoms in total. The van der Waals surface area contributed by atoms with Crippen molar-refractivity contribution in [3.8, 4) is 10.6 Å². The third-order valence-electron chi connectivity index (χ3n) is 6.38. The van der Waals surface area contributed by atoms with Gasteiger partial charge in [-0.05, 0) is 67.5 Å². The number of nitrogens with zero attached hydrogens (tertiary/aromatic N) is 2. The van der Waals surface area contributed by atoms with Crippen molar-refractivity contribution in [2.45, 2.75) is 46.1 Å². The Kier molecular flexibility index (Phi) is 7.73. The SMILES string of the molecule is CCc1ccc(CNC(=O)CC2CCN(C(=O)c3sc(-c4ccc(F)cc4)nc3C)CC2)cc1. The van der Waals surface area contributed by atoms with E-state index in [2.05, 4.69) is 41.5 Å². The van der Waals surface area contributed by atoms with Crippen LogP contribution in [0.1, 0.15) is 52.7 Å². The lowest BCUT2D eigenvalue weighted by atomic mass is 9.93. The lowest BCUT2D eigenvalue weighted by molar-refractivity contribution is -0.122. The number of benzene rings is 2. The zero-order chi connectivity index (χ0) is 24.1. The molecule has 0 radical (unpaired) electrons. The van der Waals surface area contributed by atoms with E-state index in [-0.39, 0.29) is 23.5 Å². The van der Waals surface area contributed by atoms with Crippen molar-refractivity contribution in [3.05, 3.63) is 76.0 Å². The number of rotatable bonds is 7.